The highest BCUT2D eigenvalue weighted by atomic mass is 16.7. The summed E-state index contributed by atoms with van der Waals surface area (Å²) >= 11 is 0. The van der Waals surface area contributed by atoms with Gasteiger partial charge in [-0.25, -0.2) is 4.79 Å². The van der Waals surface area contributed by atoms with Crippen molar-refractivity contribution in [3.8, 4) is 0 Å². The molecule has 2 aromatic carbocycles. The van der Waals surface area contributed by atoms with E-state index in [-0.39, 0.29) is 18.2 Å². The maximum Gasteiger partial charge on any atom is 0.326 e. The number of benzene rings is 2. The molecule has 7 nitrogen and oxygen atoms in total. The Morgan fingerprint density at radius 1 is 0.931 bits per heavy atom. The Kier molecular flexibility index (Phi) is 11.3. The second kappa shape index (κ2) is 13.4. The number of hydrogen-bond donors (Lipinski definition) is 3. The molecule has 0 saturated heterocycles. The van der Waals surface area contributed by atoms with E-state index >= 15 is 0 Å². The van der Waals surface area contributed by atoms with Crippen LogP contribution in [0.2, 0.25) is 0 Å². The van der Waals surface area contributed by atoms with Gasteiger partial charge in [0.1, 0.15) is 6.04 Å². The summed E-state index contributed by atoms with van der Waals surface area (Å²) in [5, 5.41) is 11.3. The molecule has 0 aromatic heterocycles. The molecular formula is C22H30N2O5. The monoisotopic (exact) mass is 402 g/mol. The fourth-order valence-electron chi connectivity index (χ4n) is 2.72. The maximum atomic E-state index is 10.8. The van der Waals surface area contributed by atoms with E-state index in [1.165, 1.54) is 12.5 Å². The van der Waals surface area contributed by atoms with Crippen molar-refractivity contribution in [2.45, 2.75) is 38.1 Å². The van der Waals surface area contributed by atoms with Gasteiger partial charge in [-0.05, 0) is 17.5 Å². The zero-order valence-electron chi connectivity index (χ0n) is 17.1. The van der Waals surface area contributed by atoms with Crippen LogP contribution in [0, 0.1) is 0 Å². The highest BCUT2D eigenvalue weighted by Crippen LogP contribution is 2.06. The largest absolute Gasteiger partial charge is 0.480 e. The Morgan fingerprint density at radius 2 is 1.38 bits per heavy atom. The molecule has 0 aliphatic carbocycles. The van der Waals surface area contributed by atoms with Crippen LogP contribution in [0.1, 0.15) is 18.1 Å². The number of nitrogens with one attached hydrogen (secondary N) is 1. The second-order valence-electron chi connectivity index (χ2n) is 6.47. The first-order chi connectivity index (χ1) is 13.9. The topological polar surface area (TPSA) is 111 Å². The van der Waals surface area contributed by atoms with Crippen LogP contribution in [-0.2, 0) is 31.9 Å². The smallest absolute Gasteiger partial charge is 0.326 e. The lowest BCUT2D eigenvalue weighted by atomic mass is 10.1. The first-order valence-corrected chi connectivity index (χ1v) is 9.26. The predicted molar refractivity (Wildman–Crippen MR) is 111 cm³/mol. The molecule has 0 fully saturated rings. The summed E-state index contributed by atoms with van der Waals surface area (Å²) < 4.78 is 10.2. The number of methoxy groups -OCH3 is 2. The van der Waals surface area contributed by atoms with Gasteiger partial charge in [0.25, 0.3) is 0 Å². The van der Waals surface area contributed by atoms with Gasteiger partial charge in [-0.2, -0.15) is 0 Å². The molecule has 1 unspecified atom stereocenters. The second-order valence-corrected chi connectivity index (χ2v) is 6.47. The molecule has 2 rings (SSSR count). The normalized spacial score (nSPS) is 12.4. The number of carbonyl (C=O) groups excluding carboxylic acids is 1. The van der Waals surface area contributed by atoms with Gasteiger partial charge >= 0.3 is 5.97 Å². The number of rotatable bonds is 9. The van der Waals surface area contributed by atoms with Crippen molar-refractivity contribution in [1.82, 2.24) is 5.32 Å². The lowest BCUT2D eigenvalue weighted by molar-refractivity contribution is -0.141. The molecule has 1 amide bonds. The van der Waals surface area contributed by atoms with E-state index in [4.69, 9.17) is 20.3 Å². The quantitative estimate of drug-likeness (QED) is 0.553. The summed E-state index contributed by atoms with van der Waals surface area (Å²) in [5.41, 5.74) is 8.00. The third-order valence-corrected chi connectivity index (χ3v) is 4.09. The molecule has 0 aliphatic rings. The average Bonchev–Trinajstić information content (AvgIpc) is 2.70. The number of ether oxygens (including phenoxy) is 2. The summed E-state index contributed by atoms with van der Waals surface area (Å²) in [5.74, 6) is -1.35. The van der Waals surface area contributed by atoms with E-state index in [9.17, 15) is 9.59 Å². The van der Waals surface area contributed by atoms with Crippen molar-refractivity contribution in [2.75, 3.05) is 14.2 Å². The summed E-state index contributed by atoms with van der Waals surface area (Å²) in [6, 6.07) is 18.3. The van der Waals surface area contributed by atoms with Gasteiger partial charge in [-0.15, -0.1) is 0 Å². The highest BCUT2D eigenvalue weighted by molar-refractivity contribution is 5.82. The summed E-state index contributed by atoms with van der Waals surface area (Å²) in [6.45, 7) is 1.31. The molecular weight excluding hydrogens is 372 g/mol. The van der Waals surface area contributed by atoms with Gasteiger partial charge in [-0.3, -0.25) is 4.79 Å². The minimum atomic E-state index is -1.02. The number of nitrogens with two attached hydrogens (primary N) is 1. The third kappa shape index (κ3) is 9.84. The van der Waals surface area contributed by atoms with Crippen LogP contribution in [0.3, 0.4) is 0 Å². The van der Waals surface area contributed by atoms with Crippen LogP contribution in [0.15, 0.2) is 60.7 Å². The number of carboxylic acids is 1. The fraction of sp³-hybridized carbons (Fsp3) is 0.364. The van der Waals surface area contributed by atoms with Gasteiger partial charge < -0.3 is 25.6 Å². The van der Waals surface area contributed by atoms with Gasteiger partial charge in [0, 0.05) is 27.6 Å². The van der Waals surface area contributed by atoms with Crippen LogP contribution < -0.4 is 11.1 Å². The van der Waals surface area contributed by atoms with Crippen LogP contribution in [0.5, 0.6) is 0 Å². The fourth-order valence-corrected chi connectivity index (χ4v) is 2.72. The third-order valence-electron chi connectivity index (χ3n) is 4.09. The highest BCUT2D eigenvalue weighted by Gasteiger charge is 2.18. The van der Waals surface area contributed by atoms with E-state index < -0.39 is 12.0 Å². The summed E-state index contributed by atoms with van der Waals surface area (Å²) in [7, 11) is 3.19. The molecule has 4 N–H and O–H groups in total. The number of aliphatic carboxylic acids is 1. The summed E-state index contributed by atoms with van der Waals surface area (Å²) in [4.78, 5) is 21.6. The molecule has 0 bridgehead atoms. The predicted octanol–water partition coefficient (Wildman–Crippen LogP) is 1.99. The van der Waals surface area contributed by atoms with Gasteiger partial charge in [0.05, 0.1) is 6.04 Å². The molecule has 0 aliphatic heterocycles. The lowest BCUT2D eigenvalue weighted by Crippen LogP contribution is -2.41. The Balaban J connectivity index is 0.000000291. The van der Waals surface area contributed by atoms with Crippen molar-refractivity contribution in [3.63, 3.8) is 0 Å². The average molecular weight is 402 g/mol. The van der Waals surface area contributed by atoms with Crippen LogP contribution in [0.4, 0.5) is 0 Å². The zero-order valence-corrected chi connectivity index (χ0v) is 17.1. The molecule has 0 saturated carbocycles. The Hall–Kier alpha value is -2.74. The molecule has 7 heteroatoms. The Labute approximate surface area is 171 Å². The van der Waals surface area contributed by atoms with E-state index in [2.05, 4.69) is 5.32 Å². The number of carbonyl (C=O) groups is 2. The van der Waals surface area contributed by atoms with Crippen LogP contribution >= 0.6 is 0 Å². The molecule has 0 radical (unpaired) electrons. The lowest BCUT2D eigenvalue weighted by Gasteiger charge is -2.20. The summed E-state index contributed by atoms with van der Waals surface area (Å²) in [6.07, 6.45) is 0.721. The van der Waals surface area contributed by atoms with Crippen LogP contribution in [0.25, 0.3) is 0 Å². The molecule has 2 atom stereocenters. The van der Waals surface area contributed by atoms with Crippen molar-refractivity contribution in [1.29, 1.82) is 0 Å². The number of carboxylic acid groups (broad SMARTS) is 1. The Bertz CT molecular complexity index is 720. The zero-order chi connectivity index (χ0) is 21.6. The molecule has 29 heavy (non-hydrogen) atoms. The Morgan fingerprint density at radius 3 is 1.76 bits per heavy atom. The van der Waals surface area contributed by atoms with Gasteiger partial charge in [0.15, 0.2) is 6.29 Å². The van der Waals surface area contributed by atoms with Crippen molar-refractivity contribution >= 4 is 11.9 Å². The number of amides is 1. The molecule has 158 valence electrons. The van der Waals surface area contributed by atoms with Crippen molar-refractivity contribution in [2.24, 2.45) is 5.73 Å². The van der Waals surface area contributed by atoms with Crippen molar-refractivity contribution < 1.29 is 24.2 Å². The molecule has 0 spiro atoms. The maximum absolute atomic E-state index is 10.8. The molecule has 2 aromatic rings. The minimum Gasteiger partial charge on any atom is -0.480 e. The van der Waals surface area contributed by atoms with Crippen LogP contribution in [-0.4, -0.2) is 49.6 Å². The van der Waals surface area contributed by atoms with E-state index in [1.807, 2.05) is 60.7 Å². The minimum absolute atomic E-state index is 0.132. The van der Waals surface area contributed by atoms with E-state index in [0.717, 1.165) is 12.0 Å². The molecule has 0 heterocycles. The van der Waals surface area contributed by atoms with Crippen molar-refractivity contribution in [3.05, 3.63) is 71.8 Å². The number of hydrogen-bond acceptors (Lipinski definition) is 5. The van der Waals surface area contributed by atoms with E-state index in [0.29, 0.717) is 6.42 Å². The SMILES string of the molecule is CC(=O)N[C@@H](Cc1ccccc1)C(=O)O.COC(OC)C(N)Cc1ccccc1. The first-order valence-electron chi connectivity index (χ1n) is 9.26. The van der Waals surface area contributed by atoms with Gasteiger partial charge in [-0.1, -0.05) is 60.7 Å². The first kappa shape index (κ1) is 24.3. The van der Waals surface area contributed by atoms with E-state index in [1.54, 1.807) is 14.2 Å². The van der Waals surface area contributed by atoms with Gasteiger partial charge in [0.2, 0.25) is 5.91 Å². The standard InChI is InChI=1S/C11H13NO3.C11H17NO2/c1-8(13)12-10(11(14)15)7-9-5-3-2-4-6-9;1-13-11(14-2)10(12)8-9-6-4-3-5-7-9/h2-6,10H,7H2,1H3,(H,12,13)(H,14,15);3-7,10-11H,8,12H2,1-2H3/t10-;/m0./s1.